The number of anilines is 3. The average Bonchev–Trinajstić information content (AvgIpc) is 3.62. The summed E-state index contributed by atoms with van der Waals surface area (Å²) in [6, 6.07) is 54.4. The standard InChI is InChI=1S/C40H25NOS/c1-2-8-26(9-3-1)27-14-17-30(18-15-27)41(32-20-21-40-36(25-32)34-11-5-7-13-39(34)43-40)31-19-16-28-24-38-35(23-29(28)22-31)33-10-4-6-12-37(33)42-38/h1-25H. The summed E-state index contributed by atoms with van der Waals surface area (Å²) in [5, 5.41) is 7.23. The van der Waals surface area contributed by atoms with E-state index in [4.69, 9.17) is 4.42 Å². The van der Waals surface area contributed by atoms with Gasteiger partial charge < -0.3 is 9.32 Å². The lowest BCUT2D eigenvalue weighted by molar-refractivity contribution is 0.669. The Morgan fingerprint density at radius 2 is 1.07 bits per heavy atom. The van der Waals surface area contributed by atoms with Gasteiger partial charge in [-0.3, -0.25) is 0 Å². The van der Waals surface area contributed by atoms with Gasteiger partial charge in [-0.2, -0.15) is 0 Å². The van der Waals surface area contributed by atoms with Gasteiger partial charge in [0.15, 0.2) is 0 Å². The van der Waals surface area contributed by atoms with Gasteiger partial charge in [-0.25, -0.2) is 0 Å². The fourth-order valence-corrected chi connectivity index (χ4v) is 7.42. The van der Waals surface area contributed by atoms with E-state index in [0.717, 1.165) is 44.4 Å². The maximum absolute atomic E-state index is 6.18. The number of furan rings is 1. The SMILES string of the molecule is c1ccc(-c2ccc(N(c3ccc4cc5oc6ccccc6c5cc4c3)c3ccc4sc5ccccc5c4c3)cc2)cc1. The van der Waals surface area contributed by atoms with Crippen molar-refractivity contribution < 1.29 is 4.42 Å². The molecule has 0 amide bonds. The van der Waals surface area contributed by atoms with Crippen molar-refractivity contribution in [1.82, 2.24) is 0 Å². The number of para-hydroxylation sites is 1. The van der Waals surface area contributed by atoms with E-state index in [2.05, 4.69) is 144 Å². The maximum atomic E-state index is 6.18. The number of benzene rings is 7. The molecule has 0 saturated heterocycles. The van der Waals surface area contributed by atoms with Crippen molar-refractivity contribution in [1.29, 1.82) is 0 Å². The third-order valence-electron chi connectivity index (χ3n) is 8.43. The third kappa shape index (κ3) is 4.01. The van der Waals surface area contributed by atoms with Crippen molar-refractivity contribution >= 4 is 81.3 Å². The van der Waals surface area contributed by atoms with E-state index < -0.39 is 0 Å². The van der Waals surface area contributed by atoms with Gasteiger partial charge in [0.05, 0.1) is 0 Å². The van der Waals surface area contributed by atoms with Crippen LogP contribution < -0.4 is 4.90 Å². The Morgan fingerprint density at radius 1 is 0.395 bits per heavy atom. The summed E-state index contributed by atoms with van der Waals surface area (Å²) >= 11 is 1.85. The maximum Gasteiger partial charge on any atom is 0.136 e. The third-order valence-corrected chi connectivity index (χ3v) is 9.58. The van der Waals surface area contributed by atoms with E-state index in [9.17, 15) is 0 Å². The molecule has 2 nitrogen and oxygen atoms in total. The minimum atomic E-state index is 0.921. The van der Waals surface area contributed by atoms with Gasteiger partial charge in [0.2, 0.25) is 0 Å². The van der Waals surface area contributed by atoms with Crippen LogP contribution in [0.25, 0.3) is 64.0 Å². The molecule has 0 bridgehead atoms. The highest BCUT2D eigenvalue weighted by Gasteiger charge is 2.16. The Kier molecular flexibility index (Phi) is 5.40. The van der Waals surface area contributed by atoms with Gasteiger partial charge in [-0.15, -0.1) is 11.3 Å². The summed E-state index contributed by atoms with van der Waals surface area (Å²) in [5.41, 5.74) is 7.63. The molecule has 9 rings (SSSR count). The Hall–Kier alpha value is -5.38. The molecule has 0 aliphatic carbocycles. The van der Waals surface area contributed by atoms with Crippen LogP contribution in [0.5, 0.6) is 0 Å². The van der Waals surface area contributed by atoms with E-state index in [0.29, 0.717) is 0 Å². The quantitative estimate of drug-likeness (QED) is 0.210. The molecule has 2 aromatic heterocycles. The van der Waals surface area contributed by atoms with Crippen LogP contribution in [-0.2, 0) is 0 Å². The highest BCUT2D eigenvalue weighted by molar-refractivity contribution is 7.25. The monoisotopic (exact) mass is 567 g/mol. The number of rotatable bonds is 4. The molecular weight excluding hydrogens is 543 g/mol. The molecule has 43 heavy (non-hydrogen) atoms. The summed E-state index contributed by atoms with van der Waals surface area (Å²) < 4.78 is 8.80. The van der Waals surface area contributed by atoms with Crippen LogP contribution in [0.2, 0.25) is 0 Å². The van der Waals surface area contributed by atoms with E-state index in [1.165, 1.54) is 36.7 Å². The average molecular weight is 568 g/mol. The molecule has 0 aliphatic rings. The molecule has 2 heterocycles. The molecule has 0 N–H and O–H groups in total. The molecule has 0 spiro atoms. The van der Waals surface area contributed by atoms with E-state index in [-0.39, 0.29) is 0 Å². The first-order valence-corrected chi connectivity index (χ1v) is 15.3. The van der Waals surface area contributed by atoms with Crippen molar-refractivity contribution in [3.8, 4) is 11.1 Å². The predicted octanol–water partition coefficient (Wildman–Crippen LogP) is 12.2. The molecule has 0 atom stereocenters. The number of thiophene rings is 1. The van der Waals surface area contributed by atoms with E-state index in [1.807, 2.05) is 23.5 Å². The van der Waals surface area contributed by atoms with Crippen LogP contribution in [0.1, 0.15) is 0 Å². The van der Waals surface area contributed by atoms with Crippen LogP contribution >= 0.6 is 11.3 Å². The lowest BCUT2D eigenvalue weighted by Gasteiger charge is -2.26. The summed E-state index contributed by atoms with van der Waals surface area (Å²) in [6.07, 6.45) is 0. The van der Waals surface area contributed by atoms with Crippen LogP contribution in [0.15, 0.2) is 156 Å². The van der Waals surface area contributed by atoms with Crippen LogP contribution in [0, 0.1) is 0 Å². The van der Waals surface area contributed by atoms with Crippen LogP contribution in [-0.4, -0.2) is 0 Å². The number of fused-ring (bicyclic) bond motifs is 7. The molecule has 0 unspecified atom stereocenters. The largest absolute Gasteiger partial charge is 0.456 e. The van der Waals surface area contributed by atoms with Gasteiger partial charge in [0, 0.05) is 48.0 Å². The van der Waals surface area contributed by atoms with Crippen molar-refractivity contribution in [3.63, 3.8) is 0 Å². The van der Waals surface area contributed by atoms with Crippen molar-refractivity contribution in [3.05, 3.63) is 152 Å². The fourth-order valence-electron chi connectivity index (χ4n) is 6.33. The van der Waals surface area contributed by atoms with Gasteiger partial charge >= 0.3 is 0 Å². The zero-order valence-electron chi connectivity index (χ0n) is 23.2. The van der Waals surface area contributed by atoms with Crippen molar-refractivity contribution in [2.24, 2.45) is 0 Å². The molecule has 202 valence electrons. The Bertz CT molecular complexity index is 2450. The number of nitrogens with zero attached hydrogens (tertiary/aromatic N) is 1. The summed E-state index contributed by atoms with van der Waals surface area (Å²) in [4.78, 5) is 2.37. The van der Waals surface area contributed by atoms with E-state index >= 15 is 0 Å². The second-order valence-electron chi connectivity index (χ2n) is 11.0. The lowest BCUT2D eigenvalue weighted by Crippen LogP contribution is -2.09. The van der Waals surface area contributed by atoms with Gasteiger partial charge in [0.25, 0.3) is 0 Å². The van der Waals surface area contributed by atoms with Crippen LogP contribution in [0.4, 0.5) is 17.1 Å². The molecule has 0 saturated carbocycles. The normalized spacial score (nSPS) is 11.7. The first kappa shape index (κ1) is 24.2. The minimum Gasteiger partial charge on any atom is -0.456 e. The molecule has 7 aromatic carbocycles. The molecule has 9 aromatic rings. The minimum absolute atomic E-state index is 0.921. The molecular formula is C40H25NOS. The van der Waals surface area contributed by atoms with Crippen molar-refractivity contribution in [2.45, 2.75) is 0 Å². The molecule has 0 aliphatic heterocycles. The van der Waals surface area contributed by atoms with Gasteiger partial charge in [0.1, 0.15) is 11.2 Å². The topological polar surface area (TPSA) is 16.4 Å². The Labute approximate surface area is 252 Å². The van der Waals surface area contributed by atoms with Crippen molar-refractivity contribution in [2.75, 3.05) is 4.90 Å². The first-order chi connectivity index (χ1) is 21.3. The first-order valence-electron chi connectivity index (χ1n) is 14.5. The second-order valence-corrected chi connectivity index (χ2v) is 12.1. The predicted molar refractivity (Wildman–Crippen MR) is 184 cm³/mol. The Balaban J connectivity index is 1.24. The molecule has 0 fully saturated rings. The lowest BCUT2D eigenvalue weighted by atomic mass is 10.0. The molecule has 0 radical (unpaired) electrons. The summed E-state index contributed by atoms with van der Waals surface area (Å²) in [5.74, 6) is 0. The molecule has 3 heteroatoms. The van der Waals surface area contributed by atoms with E-state index in [1.54, 1.807) is 0 Å². The second kappa shape index (κ2) is 9.59. The van der Waals surface area contributed by atoms with Gasteiger partial charge in [-0.05, 0) is 88.6 Å². The zero-order valence-corrected chi connectivity index (χ0v) is 24.0. The zero-order chi connectivity index (χ0) is 28.3. The summed E-state index contributed by atoms with van der Waals surface area (Å²) in [7, 11) is 0. The van der Waals surface area contributed by atoms with Crippen LogP contribution in [0.3, 0.4) is 0 Å². The summed E-state index contributed by atoms with van der Waals surface area (Å²) in [6.45, 7) is 0. The Morgan fingerprint density at radius 3 is 1.95 bits per heavy atom. The fraction of sp³-hybridized carbons (Fsp3) is 0. The van der Waals surface area contributed by atoms with Gasteiger partial charge in [-0.1, -0.05) is 84.9 Å². The number of hydrogen-bond donors (Lipinski definition) is 0. The smallest absolute Gasteiger partial charge is 0.136 e. The highest BCUT2D eigenvalue weighted by atomic mass is 32.1. The highest BCUT2D eigenvalue weighted by Crippen LogP contribution is 2.42. The number of hydrogen-bond acceptors (Lipinski definition) is 3.